The van der Waals surface area contributed by atoms with Crippen LogP contribution in [0.3, 0.4) is 0 Å². The molecule has 0 radical (unpaired) electrons. The van der Waals surface area contributed by atoms with Crippen LogP contribution in [0.4, 0.5) is 0 Å². The summed E-state index contributed by atoms with van der Waals surface area (Å²) in [6.07, 6.45) is 0.872. The Labute approximate surface area is 185 Å². The van der Waals surface area contributed by atoms with E-state index in [0.29, 0.717) is 18.2 Å². The molecule has 6 nitrogen and oxygen atoms in total. The number of piperazine rings is 1. The van der Waals surface area contributed by atoms with Gasteiger partial charge in [-0.25, -0.2) is 0 Å². The number of nitrogens with one attached hydrogen (secondary N) is 2. The summed E-state index contributed by atoms with van der Waals surface area (Å²) < 4.78 is 0. The lowest BCUT2D eigenvalue weighted by atomic mass is 10.0. The molecule has 2 N–H and O–H groups in total. The molecule has 0 aliphatic carbocycles. The van der Waals surface area contributed by atoms with E-state index in [4.69, 9.17) is 0 Å². The Morgan fingerprint density at radius 2 is 1.87 bits per heavy atom. The van der Waals surface area contributed by atoms with Crippen LogP contribution >= 0.6 is 0 Å². The van der Waals surface area contributed by atoms with Crippen LogP contribution in [-0.2, 0) is 4.79 Å². The summed E-state index contributed by atoms with van der Waals surface area (Å²) in [6.45, 7) is 8.27. The van der Waals surface area contributed by atoms with Crippen LogP contribution in [0.15, 0.2) is 54.6 Å². The molecule has 1 fully saturated rings. The van der Waals surface area contributed by atoms with E-state index in [1.165, 1.54) is 5.56 Å². The third-order valence-electron chi connectivity index (χ3n) is 5.82. The molecule has 1 heterocycles. The molecule has 2 aromatic rings. The maximum atomic E-state index is 12.4. The predicted molar refractivity (Wildman–Crippen MR) is 124 cm³/mol. The average molecular weight is 423 g/mol. The molecular formula is C25H34N4O2. The molecule has 1 aliphatic rings. The van der Waals surface area contributed by atoms with Gasteiger partial charge in [0.05, 0.1) is 0 Å². The van der Waals surface area contributed by atoms with Crippen LogP contribution in [-0.4, -0.2) is 67.4 Å². The summed E-state index contributed by atoms with van der Waals surface area (Å²) in [5.74, 6) is -0.381. The monoisotopic (exact) mass is 422 g/mol. The van der Waals surface area contributed by atoms with Crippen LogP contribution in [0.1, 0.15) is 40.9 Å². The second-order valence-corrected chi connectivity index (χ2v) is 8.43. The van der Waals surface area contributed by atoms with Gasteiger partial charge < -0.3 is 15.5 Å². The van der Waals surface area contributed by atoms with Gasteiger partial charge in [-0.05, 0) is 45.0 Å². The van der Waals surface area contributed by atoms with Crippen molar-refractivity contribution in [2.75, 3.05) is 39.8 Å². The van der Waals surface area contributed by atoms with Gasteiger partial charge in [-0.1, -0.05) is 48.0 Å². The minimum atomic E-state index is -0.575. The zero-order valence-electron chi connectivity index (χ0n) is 18.8. The highest BCUT2D eigenvalue weighted by atomic mass is 16.2. The van der Waals surface area contributed by atoms with Gasteiger partial charge in [-0.2, -0.15) is 0 Å². The standard InChI is InChI=1S/C25H34N4O2/c1-19-9-7-12-22(17-19)25(31)27-20(2)24(30)26-13-8-14-29-16-15-28(3)18-23(29)21-10-5-4-6-11-21/h4-7,9-12,17,20,23H,8,13-16,18H2,1-3H3,(H,26,30)(H,27,31). The molecule has 31 heavy (non-hydrogen) atoms. The Morgan fingerprint density at radius 1 is 1.10 bits per heavy atom. The molecule has 0 spiro atoms. The number of aryl methyl sites for hydroxylation is 1. The largest absolute Gasteiger partial charge is 0.354 e. The fourth-order valence-electron chi connectivity index (χ4n) is 3.99. The Balaban J connectivity index is 1.43. The summed E-state index contributed by atoms with van der Waals surface area (Å²) >= 11 is 0. The Kier molecular flexibility index (Phi) is 8.20. The first-order chi connectivity index (χ1) is 14.9. The number of rotatable bonds is 8. The van der Waals surface area contributed by atoms with Crippen molar-refractivity contribution >= 4 is 11.8 Å². The van der Waals surface area contributed by atoms with E-state index in [-0.39, 0.29) is 11.8 Å². The highest BCUT2D eigenvalue weighted by molar-refractivity contribution is 5.97. The van der Waals surface area contributed by atoms with Crippen LogP contribution in [0.25, 0.3) is 0 Å². The maximum absolute atomic E-state index is 12.4. The van der Waals surface area contributed by atoms with E-state index in [1.54, 1.807) is 13.0 Å². The molecule has 3 rings (SSSR count). The van der Waals surface area contributed by atoms with Crippen molar-refractivity contribution < 1.29 is 9.59 Å². The Hall–Kier alpha value is -2.70. The minimum absolute atomic E-state index is 0.154. The first-order valence-corrected chi connectivity index (χ1v) is 11.1. The van der Waals surface area contributed by atoms with Gasteiger partial charge in [0, 0.05) is 44.3 Å². The summed E-state index contributed by atoms with van der Waals surface area (Å²) in [5.41, 5.74) is 2.93. The van der Waals surface area contributed by atoms with Crippen LogP contribution < -0.4 is 10.6 Å². The van der Waals surface area contributed by atoms with Gasteiger partial charge in [0.25, 0.3) is 5.91 Å². The third kappa shape index (κ3) is 6.64. The van der Waals surface area contributed by atoms with E-state index in [1.807, 2.05) is 25.1 Å². The number of amides is 2. The number of hydrogen-bond acceptors (Lipinski definition) is 4. The normalized spacial score (nSPS) is 18.4. The van der Waals surface area contributed by atoms with E-state index in [9.17, 15) is 9.59 Å². The van der Waals surface area contributed by atoms with E-state index >= 15 is 0 Å². The Morgan fingerprint density at radius 3 is 2.61 bits per heavy atom. The van der Waals surface area contributed by atoms with Gasteiger partial charge in [0.2, 0.25) is 5.91 Å². The van der Waals surface area contributed by atoms with Gasteiger partial charge in [0.15, 0.2) is 0 Å². The zero-order valence-corrected chi connectivity index (χ0v) is 18.8. The molecular weight excluding hydrogens is 388 g/mol. The van der Waals surface area contributed by atoms with Gasteiger partial charge in [0.1, 0.15) is 6.04 Å². The molecule has 2 aromatic carbocycles. The van der Waals surface area contributed by atoms with Gasteiger partial charge >= 0.3 is 0 Å². The lowest BCUT2D eigenvalue weighted by Gasteiger charge is -2.40. The van der Waals surface area contributed by atoms with Crippen molar-refractivity contribution in [2.45, 2.75) is 32.4 Å². The van der Waals surface area contributed by atoms with E-state index in [2.05, 4.69) is 57.8 Å². The molecule has 1 saturated heterocycles. The lowest BCUT2D eigenvalue weighted by molar-refractivity contribution is -0.122. The molecule has 166 valence electrons. The molecule has 6 heteroatoms. The van der Waals surface area contributed by atoms with Crippen LogP contribution in [0, 0.1) is 6.92 Å². The second-order valence-electron chi connectivity index (χ2n) is 8.43. The first-order valence-electron chi connectivity index (χ1n) is 11.1. The van der Waals surface area contributed by atoms with Crippen molar-refractivity contribution in [1.29, 1.82) is 0 Å². The van der Waals surface area contributed by atoms with Crippen LogP contribution in [0.2, 0.25) is 0 Å². The van der Waals surface area contributed by atoms with E-state index in [0.717, 1.165) is 38.2 Å². The number of nitrogens with zero attached hydrogens (tertiary/aromatic N) is 2. The molecule has 2 unspecified atom stereocenters. The topological polar surface area (TPSA) is 64.7 Å². The molecule has 0 bridgehead atoms. The summed E-state index contributed by atoms with van der Waals surface area (Å²) in [5, 5.41) is 5.74. The van der Waals surface area contributed by atoms with Crippen molar-refractivity contribution in [2.24, 2.45) is 0 Å². The Bertz CT molecular complexity index is 871. The van der Waals surface area contributed by atoms with E-state index < -0.39 is 6.04 Å². The fourth-order valence-corrected chi connectivity index (χ4v) is 3.99. The summed E-state index contributed by atoms with van der Waals surface area (Å²) in [7, 11) is 2.17. The smallest absolute Gasteiger partial charge is 0.251 e. The first kappa shape index (κ1) is 23.0. The van der Waals surface area contributed by atoms with Crippen molar-refractivity contribution in [3.8, 4) is 0 Å². The maximum Gasteiger partial charge on any atom is 0.251 e. The number of carbonyl (C=O) groups excluding carboxylic acids is 2. The molecule has 0 aromatic heterocycles. The minimum Gasteiger partial charge on any atom is -0.354 e. The van der Waals surface area contributed by atoms with Crippen molar-refractivity contribution in [3.63, 3.8) is 0 Å². The third-order valence-corrected chi connectivity index (χ3v) is 5.82. The second kappa shape index (κ2) is 11.1. The van der Waals surface area contributed by atoms with Crippen LogP contribution in [0.5, 0.6) is 0 Å². The SMILES string of the molecule is Cc1cccc(C(=O)NC(C)C(=O)NCCCN2CCN(C)CC2c2ccccc2)c1. The zero-order chi connectivity index (χ0) is 22.2. The van der Waals surface area contributed by atoms with Gasteiger partial charge in [-0.3, -0.25) is 14.5 Å². The molecule has 0 saturated carbocycles. The lowest BCUT2D eigenvalue weighted by Crippen LogP contribution is -2.48. The predicted octanol–water partition coefficient (Wildman–Crippen LogP) is 2.61. The number of hydrogen-bond donors (Lipinski definition) is 2. The average Bonchev–Trinajstić information content (AvgIpc) is 2.77. The molecule has 1 aliphatic heterocycles. The molecule has 2 amide bonds. The number of carbonyl (C=O) groups is 2. The van der Waals surface area contributed by atoms with Gasteiger partial charge in [-0.15, -0.1) is 0 Å². The fraction of sp³-hybridized carbons (Fsp3) is 0.440. The van der Waals surface area contributed by atoms with Crippen molar-refractivity contribution in [1.82, 2.24) is 20.4 Å². The summed E-state index contributed by atoms with van der Waals surface area (Å²) in [4.78, 5) is 29.6. The number of likely N-dealkylation sites (N-methyl/N-ethyl adjacent to an activating group) is 1. The quantitative estimate of drug-likeness (QED) is 0.642. The highest BCUT2D eigenvalue weighted by Gasteiger charge is 2.26. The summed E-state index contributed by atoms with van der Waals surface area (Å²) in [6, 6.07) is 17.8. The van der Waals surface area contributed by atoms with Crippen molar-refractivity contribution in [3.05, 3.63) is 71.3 Å². The molecule has 2 atom stereocenters. The number of benzene rings is 2. The highest BCUT2D eigenvalue weighted by Crippen LogP contribution is 2.24.